The van der Waals surface area contributed by atoms with E-state index in [0.29, 0.717) is 21.9 Å². The number of ether oxygens (including phenoxy) is 1. The highest BCUT2D eigenvalue weighted by Crippen LogP contribution is 2.40. The fourth-order valence-electron chi connectivity index (χ4n) is 2.83. The van der Waals surface area contributed by atoms with Crippen molar-refractivity contribution in [3.05, 3.63) is 57.4 Å². The summed E-state index contributed by atoms with van der Waals surface area (Å²) in [5, 5.41) is 13.5. The van der Waals surface area contributed by atoms with Crippen LogP contribution in [-0.4, -0.2) is 13.1 Å². The van der Waals surface area contributed by atoms with Crippen LogP contribution < -0.4 is 5.32 Å². The fourth-order valence-corrected chi connectivity index (χ4v) is 3.03. The van der Waals surface area contributed by atoms with Crippen LogP contribution in [0, 0.1) is 17.2 Å². The summed E-state index contributed by atoms with van der Waals surface area (Å²) in [6.45, 7) is 5.83. The molecule has 0 fully saturated rings. The van der Waals surface area contributed by atoms with E-state index in [4.69, 9.17) is 16.3 Å². The van der Waals surface area contributed by atoms with Crippen LogP contribution in [0.5, 0.6) is 0 Å². The van der Waals surface area contributed by atoms with Crippen molar-refractivity contribution in [1.29, 1.82) is 5.26 Å². The van der Waals surface area contributed by atoms with Crippen molar-refractivity contribution in [3.8, 4) is 6.07 Å². The summed E-state index contributed by atoms with van der Waals surface area (Å²) in [7, 11) is 1.34. The first kappa shape index (κ1) is 17.1. The maximum absolute atomic E-state index is 12.3. The van der Waals surface area contributed by atoms with Gasteiger partial charge < -0.3 is 10.1 Å². The number of allylic oxidation sites excluding steroid dienone is 3. The summed E-state index contributed by atoms with van der Waals surface area (Å²) >= 11 is 6.10. The van der Waals surface area contributed by atoms with Gasteiger partial charge in [0.05, 0.1) is 30.2 Å². The van der Waals surface area contributed by atoms with Gasteiger partial charge in [-0.3, -0.25) is 0 Å². The molecule has 0 radical (unpaired) electrons. The lowest BCUT2D eigenvalue weighted by Crippen LogP contribution is -2.31. The van der Waals surface area contributed by atoms with Crippen molar-refractivity contribution in [2.24, 2.45) is 5.92 Å². The number of dihydropyridines is 1. The van der Waals surface area contributed by atoms with Crippen LogP contribution in [0.15, 0.2) is 46.8 Å². The lowest BCUT2D eigenvalue weighted by molar-refractivity contribution is -0.136. The van der Waals surface area contributed by atoms with Gasteiger partial charge in [-0.2, -0.15) is 5.26 Å². The van der Waals surface area contributed by atoms with Crippen LogP contribution in [0.1, 0.15) is 32.3 Å². The van der Waals surface area contributed by atoms with Gasteiger partial charge in [0, 0.05) is 16.4 Å². The van der Waals surface area contributed by atoms with Gasteiger partial charge in [-0.15, -0.1) is 0 Å². The predicted octanol–water partition coefficient (Wildman–Crippen LogP) is 3.91. The first-order valence-electron chi connectivity index (χ1n) is 7.36. The van der Waals surface area contributed by atoms with E-state index in [2.05, 4.69) is 11.4 Å². The van der Waals surface area contributed by atoms with Crippen LogP contribution in [0.2, 0.25) is 5.02 Å². The molecule has 23 heavy (non-hydrogen) atoms. The molecule has 0 aliphatic carbocycles. The molecule has 5 heteroatoms. The average molecular weight is 331 g/mol. The number of nitrogens with one attached hydrogen (secondary N) is 1. The molecule has 1 aliphatic heterocycles. The van der Waals surface area contributed by atoms with Gasteiger partial charge in [-0.1, -0.05) is 37.6 Å². The van der Waals surface area contributed by atoms with E-state index >= 15 is 0 Å². The molecule has 120 valence electrons. The minimum atomic E-state index is -0.482. The van der Waals surface area contributed by atoms with E-state index < -0.39 is 11.9 Å². The molecule has 0 saturated carbocycles. The van der Waals surface area contributed by atoms with Gasteiger partial charge in [0.1, 0.15) is 0 Å². The number of nitrogens with zero attached hydrogens (tertiary/aromatic N) is 1. The van der Waals surface area contributed by atoms with Gasteiger partial charge in [-0.25, -0.2) is 4.79 Å². The van der Waals surface area contributed by atoms with E-state index in [1.807, 2.05) is 32.9 Å². The highest BCUT2D eigenvalue weighted by Gasteiger charge is 2.35. The third-order valence-corrected chi connectivity index (χ3v) is 4.11. The molecule has 4 nitrogen and oxygen atoms in total. The van der Waals surface area contributed by atoms with E-state index in [-0.39, 0.29) is 5.92 Å². The minimum absolute atomic E-state index is 0.125. The second kappa shape index (κ2) is 6.89. The first-order chi connectivity index (χ1) is 10.9. The van der Waals surface area contributed by atoms with Gasteiger partial charge in [0.15, 0.2) is 0 Å². The zero-order valence-corrected chi connectivity index (χ0v) is 14.4. The molecular weight excluding hydrogens is 312 g/mol. The maximum Gasteiger partial charge on any atom is 0.336 e. The Hall–Kier alpha value is -2.25. The van der Waals surface area contributed by atoms with Crippen molar-refractivity contribution in [3.63, 3.8) is 0 Å². The number of benzene rings is 1. The third kappa shape index (κ3) is 3.25. The van der Waals surface area contributed by atoms with Crippen LogP contribution in [0.4, 0.5) is 0 Å². The lowest BCUT2D eigenvalue weighted by atomic mass is 9.79. The minimum Gasteiger partial charge on any atom is -0.466 e. The number of halogens is 1. The van der Waals surface area contributed by atoms with Crippen LogP contribution in [0.25, 0.3) is 0 Å². The molecule has 0 amide bonds. The number of hydrogen-bond acceptors (Lipinski definition) is 4. The Balaban J connectivity index is 2.72. The van der Waals surface area contributed by atoms with Gasteiger partial charge in [0.2, 0.25) is 0 Å². The van der Waals surface area contributed by atoms with E-state index in [9.17, 15) is 10.1 Å². The Labute approximate surface area is 141 Å². The van der Waals surface area contributed by atoms with Crippen LogP contribution >= 0.6 is 11.6 Å². The highest BCUT2D eigenvalue weighted by atomic mass is 35.5. The van der Waals surface area contributed by atoms with Crippen molar-refractivity contribution in [2.45, 2.75) is 26.7 Å². The number of carbonyl (C=O) groups is 1. The molecule has 1 N–H and O–H groups in total. The number of methoxy groups -OCH3 is 1. The van der Waals surface area contributed by atoms with E-state index in [1.165, 1.54) is 7.11 Å². The summed E-state index contributed by atoms with van der Waals surface area (Å²) < 4.78 is 4.93. The number of hydrogen-bond donors (Lipinski definition) is 1. The third-order valence-electron chi connectivity index (χ3n) is 3.88. The summed E-state index contributed by atoms with van der Waals surface area (Å²) in [6, 6.07) is 9.49. The van der Waals surface area contributed by atoms with Gasteiger partial charge in [-0.05, 0) is 30.5 Å². The molecular formula is C18H19ClN2O2. The Morgan fingerprint density at radius 1 is 1.43 bits per heavy atom. The largest absolute Gasteiger partial charge is 0.466 e. The SMILES string of the molecule is COC(=O)C1=C(C)NC(C(C)C)=C(C#N)C1c1cccc(Cl)c1. The second-order valence-corrected chi connectivity index (χ2v) is 6.17. The molecule has 1 heterocycles. The highest BCUT2D eigenvalue weighted by molar-refractivity contribution is 6.30. The quantitative estimate of drug-likeness (QED) is 0.853. The molecule has 1 aromatic carbocycles. The molecule has 0 bridgehead atoms. The topological polar surface area (TPSA) is 62.1 Å². The Morgan fingerprint density at radius 2 is 2.13 bits per heavy atom. The maximum atomic E-state index is 12.3. The number of nitriles is 1. The number of carbonyl (C=O) groups excluding carboxylic acids is 1. The summed E-state index contributed by atoms with van der Waals surface area (Å²) in [5.41, 5.74) is 3.28. The molecule has 2 rings (SSSR count). The molecule has 1 unspecified atom stereocenters. The molecule has 0 saturated heterocycles. The van der Waals surface area contributed by atoms with E-state index in [0.717, 1.165) is 11.3 Å². The lowest BCUT2D eigenvalue weighted by Gasteiger charge is -2.31. The Kier molecular flexibility index (Phi) is 5.12. The molecule has 1 aliphatic rings. The second-order valence-electron chi connectivity index (χ2n) is 5.74. The van der Waals surface area contributed by atoms with Crippen LogP contribution in [0.3, 0.4) is 0 Å². The van der Waals surface area contributed by atoms with Crippen molar-refractivity contribution in [1.82, 2.24) is 5.32 Å². The Morgan fingerprint density at radius 3 is 2.65 bits per heavy atom. The molecule has 1 aromatic rings. The number of rotatable bonds is 3. The monoisotopic (exact) mass is 330 g/mol. The standard InChI is InChI=1S/C18H19ClN2O2/c1-10(2)17-14(9-20)16(12-6-5-7-13(19)8-12)15(11(3)21-17)18(22)23-4/h5-8,10,16,21H,1-4H3. The summed E-state index contributed by atoms with van der Waals surface area (Å²) in [4.78, 5) is 12.3. The molecule has 0 spiro atoms. The first-order valence-corrected chi connectivity index (χ1v) is 7.74. The number of esters is 1. The van der Waals surface area contributed by atoms with Gasteiger partial charge >= 0.3 is 5.97 Å². The average Bonchev–Trinajstić information content (AvgIpc) is 2.52. The zero-order chi connectivity index (χ0) is 17.1. The normalized spacial score (nSPS) is 17.9. The van der Waals surface area contributed by atoms with E-state index in [1.54, 1.807) is 12.1 Å². The summed E-state index contributed by atoms with van der Waals surface area (Å²) in [6.07, 6.45) is 0. The predicted molar refractivity (Wildman–Crippen MR) is 89.5 cm³/mol. The summed E-state index contributed by atoms with van der Waals surface area (Å²) in [5.74, 6) is -0.805. The van der Waals surface area contributed by atoms with Crippen LogP contribution in [-0.2, 0) is 9.53 Å². The Bertz CT molecular complexity index is 742. The smallest absolute Gasteiger partial charge is 0.336 e. The van der Waals surface area contributed by atoms with Gasteiger partial charge in [0.25, 0.3) is 0 Å². The van der Waals surface area contributed by atoms with Crippen molar-refractivity contribution < 1.29 is 9.53 Å². The molecule has 0 aromatic heterocycles. The van der Waals surface area contributed by atoms with Crippen molar-refractivity contribution in [2.75, 3.05) is 7.11 Å². The zero-order valence-electron chi connectivity index (χ0n) is 13.6. The molecule has 1 atom stereocenters. The fraction of sp³-hybridized carbons (Fsp3) is 0.333. The van der Waals surface area contributed by atoms with Crippen molar-refractivity contribution >= 4 is 17.6 Å².